The first-order valence-corrected chi connectivity index (χ1v) is 6.82. The minimum atomic E-state index is -0.832. The molecule has 1 aromatic rings. The van der Waals surface area contributed by atoms with Gasteiger partial charge in [-0.25, -0.2) is 4.79 Å². The van der Waals surface area contributed by atoms with Gasteiger partial charge in [0.1, 0.15) is 0 Å². The molecular formula is C15H19NO4. The number of hydrogen-bond donors (Lipinski definition) is 2. The summed E-state index contributed by atoms with van der Waals surface area (Å²) in [6.45, 7) is 1.22. The van der Waals surface area contributed by atoms with Crippen molar-refractivity contribution < 1.29 is 19.8 Å². The molecule has 1 amide bonds. The number of rotatable bonds is 4. The van der Waals surface area contributed by atoms with E-state index in [1.54, 1.807) is 0 Å². The van der Waals surface area contributed by atoms with E-state index in [-0.39, 0.29) is 6.42 Å². The molecule has 0 radical (unpaired) electrons. The molecule has 20 heavy (non-hydrogen) atoms. The van der Waals surface area contributed by atoms with E-state index in [1.165, 1.54) is 10.5 Å². The van der Waals surface area contributed by atoms with Gasteiger partial charge < -0.3 is 15.1 Å². The summed E-state index contributed by atoms with van der Waals surface area (Å²) >= 11 is 0. The molecular weight excluding hydrogens is 258 g/mol. The molecule has 1 aliphatic rings. The molecule has 0 bridgehead atoms. The molecule has 1 aromatic carbocycles. The van der Waals surface area contributed by atoms with Gasteiger partial charge in [0.15, 0.2) is 0 Å². The monoisotopic (exact) mass is 277 g/mol. The maximum Gasteiger partial charge on any atom is 0.407 e. The Balaban J connectivity index is 1.85. The van der Waals surface area contributed by atoms with Gasteiger partial charge in [0.2, 0.25) is 0 Å². The van der Waals surface area contributed by atoms with E-state index in [0.717, 1.165) is 24.8 Å². The van der Waals surface area contributed by atoms with Gasteiger partial charge in [0.25, 0.3) is 0 Å². The molecule has 5 nitrogen and oxygen atoms in total. The van der Waals surface area contributed by atoms with Crippen molar-refractivity contribution in [1.29, 1.82) is 0 Å². The number of carboxylic acids is 1. The lowest BCUT2D eigenvalue weighted by Gasteiger charge is -2.30. The first-order chi connectivity index (χ1) is 9.54. The Labute approximate surface area is 117 Å². The number of amides is 1. The molecule has 2 rings (SSSR count). The molecule has 2 N–H and O–H groups in total. The zero-order valence-corrected chi connectivity index (χ0v) is 11.3. The third-order valence-corrected chi connectivity index (χ3v) is 3.79. The lowest BCUT2D eigenvalue weighted by molar-refractivity contribution is -0.136. The van der Waals surface area contributed by atoms with Crippen LogP contribution in [0.2, 0.25) is 0 Å². The van der Waals surface area contributed by atoms with Crippen LogP contribution in [0.4, 0.5) is 4.79 Å². The molecule has 1 aliphatic heterocycles. The fraction of sp³-hybridized carbons (Fsp3) is 0.467. The molecule has 0 saturated carbocycles. The average molecular weight is 277 g/mol. The molecule has 1 heterocycles. The zero-order valence-electron chi connectivity index (χ0n) is 11.3. The summed E-state index contributed by atoms with van der Waals surface area (Å²) in [5.41, 5.74) is 2.00. The number of benzene rings is 1. The number of hydrogen-bond acceptors (Lipinski definition) is 2. The number of piperidine rings is 1. The second-order valence-corrected chi connectivity index (χ2v) is 5.30. The van der Waals surface area contributed by atoms with Crippen LogP contribution >= 0.6 is 0 Å². The van der Waals surface area contributed by atoms with Gasteiger partial charge in [0.05, 0.1) is 6.42 Å². The minimum absolute atomic E-state index is 0.0529. The Morgan fingerprint density at radius 2 is 1.60 bits per heavy atom. The van der Waals surface area contributed by atoms with Gasteiger partial charge in [-0.05, 0) is 36.3 Å². The number of carbonyl (C=O) groups is 2. The summed E-state index contributed by atoms with van der Waals surface area (Å²) in [6.07, 6.45) is 1.94. The molecule has 1 fully saturated rings. The van der Waals surface area contributed by atoms with E-state index < -0.39 is 12.1 Å². The summed E-state index contributed by atoms with van der Waals surface area (Å²) in [5.74, 6) is -0.310. The van der Waals surface area contributed by atoms with E-state index >= 15 is 0 Å². The van der Waals surface area contributed by atoms with E-state index in [9.17, 15) is 9.59 Å². The van der Waals surface area contributed by atoms with E-state index in [4.69, 9.17) is 10.2 Å². The maximum atomic E-state index is 10.8. The number of carboxylic acid groups (broad SMARTS) is 2. The Kier molecular flexibility index (Phi) is 4.61. The van der Waals surface area contributed by atoms with Gasteiger partial charge >= 0.3 is 12.1 Å². The van der Waals surface area contributed by atoms with Crippen LogP contribution in [-0.2, 0) is 17.6 Å². The summed E-state index contributed by atoms with van der Waals surface area (Å²) in [5, 5.41) is 17.6. The standard InChI is InChI=1S/C15H19NO4/c17-14(18)10-12-3-1-11(2-4-12)9-13-5-7-16(8-6-13)15(19)20/h1-4,13H,5-10H2,(H,17,18)(H,19,20). The molecule has 0 atom stereocenters. The van der Waals surface area contributed by atoms with E-state index in [0.29, 0.717) is 19.0 Å². The van der Waals surface area contributed by atoms with Crippen LogP contribution in [0.15, 0.2) is 24.3 Å². The SMILES string of the molecule is O=C(O)Cc1ccc(CC2CCN(C(=O)O)CC2)cc1. The molecule has 0 spiro atoms. The largest absolute Gasteiger partial charge is 0.481 e. The van der Waals surface area contributed by atoms with Crippen LogP contribution in [-0.4, -0.2) is 40.3 Å². The predicted molar refractivity (Wildman–Crippen MR) is 73.8 cm³/mol. The van der Waals surface area contributed by atoms with Gasteiger partial charge in [0, 0.05) is 13.1 Å². The number of likely N-dealkylation sites (tertiary alicyclic amines) is 1. The fourth-order valence-electron chi connectivity index (χ4n) is 2.63. The highest BCUT2D eigenvalue weighted by Gasteiger charge is 2.22. The van der Waals surface area contributed by atoms with Gasteiger partial charge in [-0.2, -0.15) is 0 Å². The normalized spacial score (nSPS) is 16.1. The highest BCUT2D eigenvalue weighted by Crippen LogP contribution is 2.22. The third kappa shape index (κ3) is 3.98. The first-order valence-electron chi connectivity index (χ1n) is 6.82. The molecule has 5 heteroatoms. The van der Waals surface area contributed by atoms with Crippen LogP contribution in [0, 0.1) is 5.92 Å². The van der Waals surface area contributed by atoms with Crippen molar-refractivity contribution in [2.75, 3.05) is 13.1 Å². The minimum Gasteiger partial charge on any atom is -0.481 e. The Morgan fingerprint density at radius 1 is 1.05 bits per heavy atom. The van der Waals surface area contributed by atoms with Crippen molar-refractivity contribution in [3.63, 3.8) is 0 Å². The lowest BCUT2D eigenvalue weighted by Crippen LogP contribution is -2.37. The van der Waals surface area contributed by atoms with Crippen molar-refractivity contribution in [3.8, 4) is 0 Å². The average Bonchev–Trinajstić information content (AvgIpc) is 2.41. The zero-order chi connectivity index (χ0) is 14.5. The highest BCUT2D eigenvalue weighted by atomic mass is 16.4. The molecule has 1 saturated heterocycles. The summed E-state index contributed by atoms with van der Waals surface area (Å²) in [7, 11) is 0. The Morgan fingerprint density at radius 3 is 2.10 bits per heavy atom. The van der Waals surface area contributed by atoms with Crippen LogP contribution in [0.25, 0.3) is 0 Å². The van der Waals surface area contributed by atoms with Crippen molar-refractivity contribution in [3.05, 3.63) is 35.4 Å². The quantitative estimate of drug-likeness (QED) is 0.884. The Bertz CT molecular complexity index is 475. The summed E-state index contributed by atoms with van der Waals surface area (Å²) in [6, 6.07) is 7.66. The van der Waals surface area contributed by atoms with Crippen LogP contribution < -0.4 is 0 Å². The van der Waals surface area contributed by atoms with Gasteiger partial charge in [-0.15, -0.1) is 0 Å². The van der Waals surface area contributed by atoms with Crippen LogP contribution in [0.5, 0.6) is 0 Å². The number of nitrogens with zero attached hydrogens (tertiary/aromatic N) is 1. The smallest absolute Gasteiger partial charge is 0.407 e. The van der Waals surface area contributed by atoms with Crippen molar-refractivity contribution >= 4 is 12.1 Å². The third-order valence-electron chi connectivity index (χ3n) is 3.79. The topological polar surface area (TPSA) is 77.8 Å². The summed E-state index contributed by atoms with van der Waals surface area (Å²) in [4.78, 5) is 22.9. The number of aliphatic carboxylic acids is 1. The fourth-order valence-corrected chi connectivity index (χ4v) is 2.63. The van der Waals surface area contributed by atoms with Crippen LogP contribution in [0.3, 0.4) is 0 Å². The van der Waals surface area contributed by atoms with Gasteiger partial charge in [-0.3, -0.25) is 4.79 Å². The van der Waals surface area contributed by atoms with Gasteiger partial charge in [-0.1, -0.05) is 24.3 Å². The predicted octanol–water partition coefficient (Wildman–Crippen LogP) is 2.25. The highest BCUT2D eigenvalue weighted by molar-refractivity contribution is 5.70. The molecule has 0 unspecified atom stereocenters. The lowest BCUT2D eigenvalue weighted by atomic mass is 9.90. The molecule has 0 aromatic heterocycles. The second-order valence-electron chi connectivity index (χ2n) is 5.30. The molecule has 0 aliphatic carbocycles. The second kappa shape index (κ2) is 6.41. The summed E-state index contributed by atoms with van der Waals surface area (Å²) < 4.78 is 0. The molecule has 108 valence electrons. The van der Waals surface area contributed by atoms with Crippen LogP contribution in [0.1, 0.15) is 24.0 Å². The first kappa shape index (κ1) is 14.4. The van der Waals surface area contributed by atoms with Crippen molar-refractivity contribution in [2.45, 2.75) is 25.7 Å². The maximum absolute atomic E-state index is 10.8. The Hall–Kier alpha value is -2.04. The van der Waals surface area contributed by atoms with E-state index in [1.807, 2.05) is 24.3 Å². The van der Waals surface area contributed by atoms with E-state index in [2.05, 4.69) is 0 Å². The van der Waals surface area contributed by atoms with Crippen molar-refractivity contribution in [1.82, 2.24) is 4.90 Å². The van der Waals surface area contributed by atoms with Crippen molar-refractivity contribution in [2.24, 2.45) is 5.92 Å².